The van der Waals surface area contributed by atoms with Gasteiger partial charge in [0.25, 0.3) is 0 Å². The fraction of sp³-hybridized carbons (Fsp3) is 0.464. The van der Waals surface area contributed by atoms with Gasteiger partial charge in [-0.1, -0.05) is 94.3 Å². The second kappa shape index (κ2) is 13.0. The average Bonchev–Trinajstić information content (AvgIpc) is 2.81. The molecule has 177 valence electrons. The summed E-state index contributed by atoms with van der Waals surface area (Å²) < 4.78 is 0. The third-order valence-corrected chi connectivity index (χ3v) is 6.08. The van der Waals surface area contributed by atoms with E-state index in [2.05, 4.69) is 12.2 Å². The number of Topliss-reactive ketones (excluding diaryl/α,β-unsaturated/α-hetero) is 1. The van der Waals surface area contributed by atoms with Crippen molar-refractivity contribution in [3.63, 3.8) is 0 Å². The number of carbonyl (C=O) groups is 2. The van der Waals surface area contributed by atoms with Gasteiger partial charge in [-0.3, -0.25) is 14.4 Å². The number of rotatable bonds is 14. The van der Waals surface area contributed by atoms with Gasteiger partial charge >= 0.3 is 0 Å². The van der Waals surface area contributed by atoms with Crippen LogP contribution in [0.4, 0.5) is 0 Å². The van der Waals surface area contributed by atoms with E-state index in [9.17, 15) is 14.4 Å². The van der Waals surface area contributed by atoms with Gasteiger partial charge < -0.3 is 11.1 Å². The minimum absolute atomic E-state index is 0.119. The molecule has 0 spiro atoms. The van der Waals surface area contributed by atoms with Crippen LogP contribution in [0.15, 0.2) is 60.7 Å². The van der Waals surface area contributed by atoms with E-state index >= 15 is 0 Å². The first-order valence-electron chi connectivity index (χ1n) is 11.8. The zero-order chi connectivity index (χ0) is 24.3. The lowest BCUT2D eigenvalue weighted by molar-refractivity contribution is -0.133. The lowest BCUT2D eigenvalue weighted by Crippen LogP contribution is -2.49. The molecule has 0 aliphatic rings. The van der Waals surface area contributed by atoms with Gasteiger partial charge in [-0.2, -0.15) is 0 Å². The van der Waals surface area contributed by atoms with Crippen molar-refractivity contribution in [2.75, 3.05) is 0 Å². The minimum atomic E-state index is -0.890. The Morgan fingerprint density at radius 1 is 0.970 bits per heavy atom. The molecule has 0 aliphatic carbocycles. The van der Waals surface area contributed by atoms with Crippen LogP contribution >= 0.6 is 0 Å². The van der Waals surface area contributed by atoms with Gasteiger partial charge in [0.05, 0.1) is 12.1 Å². The number of nitrogens with two attached hydrogens (primary N) is 1. The summed E-state index contributed by atoms with van der Waals surface area (Å²) >= 11 is 0. The second-order valence-corrected chi connectivity index (χ2v) is 9.46. The Labute approximate surface area is 198 Å². The van der Waals surface area contributed by atoms with Crippen LogP contribution in [0.1, 0.15) is 57.6 Å². The van der Waals surface area contributed by atoms with E-state index in [0.29, 0.717) is 12.8 Å². The fourth-order valence-electron chi connectivity index (χ4n) is 4.22. The summed E-state index contributed by atoms with van der Waals surface area (Å²) in [6.07, 6.45) is 5.94. The highest BCUT2D eigenvalue weighted by Crippen LogP contribution is 2.31. The Bertz CT molecular complexity index is 881. The van der Waals surface area contributed by atoms with E-state index in [4.69, 9.17) is 5.73 Å². The van der Waals surface area contributed by atoms with Crippen molar-refractivity contribution >= 4 is 18.0 Å². The highest BCUT2D eigenvalue weighted by molar-refractivity contribution is 5.89. The Hall–Kier alpha value is -2.79. The molecule has 0 bridgehead atoms. The SMILES string of the molecule is CCCCC(Cc1ccccc1)C(=O)C(C)(C)C[C@@H](N)C(=O)NC([C]=O)Cc1ccccc1. The number of unbranched alkanes of at least 4 members (excludes halogenated alkanes) is 1. The second-order valence-electron chi connectivity index (χ2n) is 9.46. The molecule has 1 radical (unpaired) electrons. The predicted molar refractivity (Wildman–Crippen MR) is 132 cm³/mol. The van der Waals surface area contributed by atoms with Crippen molar-refractivity contribution in [1.29, 1.82) is 0 Å². The van der Waals surface area contributed by atoms with E-state index in [1.54, 1.807) is 0 Å². The molecule has 2 rings (SSSR count). The molecule has 1 amide bonds. The third-order valence-electron chi connectivity index (χ3n) is 6.08. The molecule has 0 saturated heterocycles. The Morgan fingerprint density at radius 2 is 1.52 bits per heavy atom. The zero-order valence-corrected chi connectivity index (χ0v) is 20.1. The lowest BCUT2D eigenvalue weighted by Gasteiger charge is -2.31. The smallest absolute Gasteiger partial charge is 0.237 e. The monoisotopic (exact) mass is 449 g/mol. The lowest BCUT2D eigenvalue weighted by atomic mass is 9.73. The Kier molecular flexibility index (Phi) is 10.5. The highest BCUT2D eigenvalue weighted by Gasteiger charge is 2.36. The van der Waals surface area contributed by atoms with Crippen LogP contribution in [0.25, 0.3) is 0 Å². The molecule has 5 nitrogen and oxygen atoms in total. The van der Waals surface area contributed by atoms with E-state index in [1.807, 2.05) is 80.8 Å². The van der Waals surface area contributed by atoms with Crippen LogP contribution in [-0.4, -0.2) is 30.1 Å². The van der Waals surface area contributed by atoms with Crippen molar-refractivity contribution < 1.29 is 14.4 Å². The molecule has 5 heteroatoms. The maximum atomic E-state index is 13.5. The van der Waals surface area contributed by atoms with Crippen molar-refractivity contribution in [3.05, 3.63) is 71.8 Å². The number of hydrogen-bond acceptors (Lipinski definition) is 4. The summed E-state index contributed by atoms with van der Waals surface area (Å²) in [5, 5.41) is 2.68. The molecule has 2 aromatic rings. The molecule has 3 atom stereocenters. The summed E-state index contributed by atoms with van der Waals surface area (Å²) in [4.78, 5) is 37.6. The first kappa shape index (κ1) is 26.5. The predicted octanol–water partition coefficient (Wildman–Crippen LogP) is 4.19. The van der Waals surface area contributed by atoms with Gasteiger partial charge in [-0.15, -0.1) is 0 Å². The number of hydrogen-bond donors (Lipinski definition) is 2. The maximum absolute atomic E-state index is 13.5. The summed E-state index contributed by atoms with van der Waals surface area (Å²) in [5.74, 6) is -0.425. The van der Waals surface area contributed by atoms with Gasteiger partial charge in [0, 0.05) is 17.8 Å². The van der Waals surface area contributed by atoms with Crippen molar-refractivity contribution in [2.45, 2.75) is 71.4 Å². The molecule has 2 unspecified atom stereocenters. The Morgan fingerprint density at radius 3 is 2.03 bits per heavy atom. The van der Waals surface area contributed by atoms with Crippen LogP contribution in [0.5, 0.6) is 0 Å². The number of nitrogens with one attached hydrogen (secondary N) is 1. The summed E-state index contributed by atoms with van der Waals surface area (Å²) in [6.45, 7) is 5.84. The molecule has 0 aromatic heterocycles. The standard InChI is InChI=1S/C28H37N2O3/c1-4-5-16-23(17-21-12-8-6-9-13-21)26(32)28(2,3)19-25(29)27(33)30-24(20-31)18-22-14-10-7-11-15-22/h6-15,23-25H,4-5,16-19,29H2,1-3H3,(H,30,33)/t23?,24?,25-/m1/s1. The van der Waals surface area contributed by atoms with Gasteiger partial charge in [-0.25, -0.2) is 0 Å². The number of benzene rings is 2. The van der Waals surface area contributed by atoms with Crippen LogP contribution in [0, 0.1) is 11.3 Å². The normalized spacial score (nSPS) is 14.2. The van der Waals surface area contributed by atoms with Gasteiger partial charge in [0.15, 0.2) is 0 Å². The Balaban J connectivity index is 2.01. The first-order chi connectivity index (χ1) is 15.8. The summed E-state index contributed by atoms with van der Waals surface area (Å²) in [5.41, 5.74) is 7.50. The van der Waals surface area contributed by atoms with Crippen molar-refractivity contribution in [3.8, 4) is 0 Å². The van der Waals surface area contributed by atoms with Crippen molar-refractivity contribution in [1.82, 2.24) is 5.32 Å². The first-order valence-corrected chi connectivity index (χ1v) is 11.8. The summed E-state index contributed by atoms with van der Waals surface area (Å²) in [6, 6.07) is 17.8. The molecule has 3 N–H and O–H groups in total. The molecule has 0 heterocycles. The minimum Gasteiger partial charge on any atom is -0.344 e. The molecule has 0 aliphatic heterocycles. The topological polar surface area (TPSA) is 89.3 Å². The van der Waals surface area contributed by atoms with E-state index < -0.39 is 23.4 Å². The van der Waals surface area contributed by atoms with Crippen molar-refractivity contribution in [2.24, 2.45) is 17.1 Å². The number of amides is 1. The molecule has 2 aromatic carbocycles. The van der Waals surface area contributed by atoms with Crippen LogP contribution in [0.3, 0.4) is 0 Å². The number of carbonyl (C=O) groups excluding carboxylic acids is 3. The molecule has 0 fully saturated rings. The summed E-state index contributed by atoms with van der Waals surface area (Å²) in [7, 11) is 0. The van der Waals surface area contributed by atoms with Crippen LogP contribution in [0.2, 0.25) is 0 Å². The highest BCUT2D eigenvalue weighted by atomic mass is 16.2. The zero-order valence-electron chi connectivity index (χ0n) is 20.1. The maximum Gasteiger partial charge on any atom is 0.237 e. The van der Waals surface area contributed by atoms with E-state index in [1.165, 1.54) is 0 Å². The average molecular weight is 450 g/mol. The molecular weight excluding hydrogens is 412 g/mol. The van der Waals surface area contributed by atoms with Crippen LogP contribution < -0.4 is 11.1 Å². The quantitative estimate of drug-likeness (QED) is 0.453. The van der Waals surface area contributed by atoms with Gasteiger partial charge in [0.1, 0.15) is 5.78 Å². The van der Waals surface area contributed by atoms with Gasteiger partial charge in [0.2, 0.25) is 12.2 Å². The van der Waals surface area contributed by atoms with E-state index in [-0.39, 0.29) is 18.1 Å². The molecule has 33 heavy (non-hydrogen) atoms. The third kappa shape index (κ3) is 8.58. The van der Waals surface area contributed by atoms with E-state index in [0.717, 1.165) is 30.4 Å². The molecular formula is C28H37N2O3. The van der Waals surface area contributed by atoms with Crippen LogP contribution in [-0.2, 0) is 27.2 Å². The number of ketones is 1. The largest absolute Gasteiger partial charge is 0.344 e. The fourth-order valence-corrected chi connectivity index (χ4v) is 4.22. The molecule has 0 saturated carbocycles. The van der Waals surface area contributed by atoms with Gasteiger partial charge in [-0.05, 0) is 30.4 Å².